The molecule has 0 unspecified atom stereocenters. The van der Waals surface area contributed by atoms with Crippen LogP contribution >= 0.6 is 35.3 Å². The molecule has 1 heterocycles. The minimum Gasteiger partial charge on any atom is -0.357 e. The zero-order valence-electron chi connectivity index (χ0n) is 14.5. The fourth-order valence-electron chi connectivity index (χ4n) is 2.80. The molecule has 1 aromatic carbocycles. The Bertz CT molecular complexity index is 727. The molecule has 0 bridgehead atoms. The highest BCUT2D eigenvalue weighted by atomic mass is 127. The lowest BCUT2D eigenvalue weighted by Crippen LogP contribution is -2.41. The maximum atomic E-state index is 14.1. The maximum absolute atomic E-state index is 14.1. The first-order chi connectivity index (χ1) is 11.6. The Kier molecular flexibility index (Phi) is 7.18. The Balaban J connectivity index is 0.00000225. The van der Waals surface area contributed by atoms with Gasteiger partial charge in [-0.25, -0.2) is 14.4 Å². The van der Waals surface area contributed by atoms with E-state index in [1.807, 2.05) is 32.2 Å². The molecule has 0 spiro atoms. The molecule has 1 aliphatic carbocycles. The van der Waals surface area contributed by atoms with Gasteiger partial charge < -0.3 is 10.6 Å². The Hall–Kier alpha value is -1.22. The van der Waals surface area contributed by atoms with Crippen molar-refractivity contribution in [3.05, 3.63) is 51.7 Å². The zero-order chi connectivity index (χ0) is 17.0. The highest BCUT2D eigenvalue weighted by molar-refractivity contribution is 14.0. The predicted octanol–water partition coefficient (Wildman–Crippen LogP) is 4.00. The van der Waals surface area contributed by atoms with Gasteiger partial charge in [0.2, 0.25) is 0 Å². The molecule has 0 radical (unpaired) electrons. The summed E-state index contributed by atoms with van der Waals surface area (Å²) in [5.74, 6) is 0.643. The molecule has 4 nitrogen and oxygen atoms in total. The van der Waals surface area contributed by atoms with E-state index >= 15 is 0 Å². The third kappa shape index (κ3) is 5.13. The van der Waals surface area contributed by atoms with Crippen molar-refractivity contribution < 1.29 is 4.39 Å². The Labute approximate surface area is 169 Å². The van der Waals surface area contributed by atoms with E-state index in [0.29, 0.717) is 13.1 Å². The normalized spacial score (nSPS) is 15.4. The summed E-state index contributed by atoms with van der Waals surface area (Å²) in [6.07, 6.45) is 3.88. The fourth-order valence-corrected chi connectivity index (χ4v) is 3.51. The summed E-state index contributed by atoms with van der Waals surface area (Å²) in [4.78, 5) is 10.1. The monoisotopic (exact) mass is 474 g/mol. The zero-order valence-corrected chi connectivity index (χ0v) is 17.7. The molecule has 2 N–H and O–H groups in total. The number of benzene rings is 1. The average molecular weight is 474 g/mol. The number of hydrogen-bond acceptors (Lipinski definition) is 3. The quantitative estimate of drug-likeness (QED) is 0.378. The average Bonchev–Trinajstić information content (AvgIpc) is 3.25. The van der Waals surface area contributed by atoms with Crippen molar-refractivity contribution in [2.45, 2.75) is 38.6 Å². The molecular formula is C18H24FIN4S. The number of thiazole rings is 1. The number of aliphatic imine (C=N–C) groups is 1. The van der Waals surface area contributed by atoms with Crippen molar-refractivity contribution in [1.82, 2.24) is 15.6 Å². The number of aryl methyl sites for hydroxylation is 1. The van der Waals surface area contributed by atoms with Crippen LogP contribution in [0.25, 0.3) is 0 Å². The highest BCUT2D eigenvalue weighted by Gasteiger charge is 2.45. The van der Waals surface area contributed by atoms with Gasteiger partial charge in [-0.1, -0.05) is 18.2 Å². The van der Waals surface area contributed by atoms with Crippen LogP contribution in [0, 0.1) is 12.7 Å². The van der Waals surface area contributed by atoms with Crippen LogP contribution in [0.3, 0.4) is 0 Å². The van der Waals surface area contributed by atoms with E-state index in [1.165, 1.54) is 4.88 Å². The van der Waals surface area contributed by atoms with Gasteiger partial charge in [-0.15, -0.1) is 35.3 Å². The van der Waals surface area contributed by atoms with E-state index in [4.69, 9.17) is 0 Å². The van der Waals surface area contributed by atoms with Crippen LogP contribution in [-0.4, -0.2) is 24.0 Å². The lowest BCUT2D eigenvalue weighted by Gasteiger charge is -2.19. The van der Waals surface area contributed by atoms with E-state index in [1.54, 1.807) is 23.5 Å². The largest absolute Gasteiger partial charge is 0.357 e. The van der Waals surface area contributed by atoms with Crippen LogP contribution in [0.5, 0.6) is 0 Å². The van der Waals surface area contributed by atoms with Crippen LogP contribution < -0.4 is 10.6 Å². The molecular weight excluding hydrogens is 450 g/mol. The van der Waals surface area contributed by atoms with Gasteiger partial charge in [-0.3, -0.25) is 0 Å². The molecule has 25 heavy (non-hydrogen) atoms. The molecule has 1 aromatic heterocycles. The first kappa shape index (κ1) is 20.1. The lowest BCUT2D eigenvalue weighted by atomic mass is 9.95. The van der Waals surface area contributed by atoms with Crippen LogP contribution in [0.1, 0.15) is 35.2 Å². The summed E-state index contributed by atoms with van der Waals surface area (Å²) in [6, 6.07) is 7.08. The summed E-state index contributed by atoms with van der Waals surface area (Å²) in [6.45, 7) is 6.11. The molecule has 1 fully saturated rings. The molecule has 0 saturated heterocycles. The number of hydrogen-bond donors (Lipinski definition) is 2. The second kappa shape index (κ2) is 8.93. The summed E-state index contributed by atoms with van der Waals surface area (Å²) in [5, 5.41) is 7.62. The number of guanidine groups is 1. The van der Waals surface area contributed by atoms with E-state index in [2.05, 4.69) is 20.6 Å². The fraction of sp³-hybridized carbons (Fsp3) is 0.444. The third-order valence-electron chi connectivity index (χ3n) is 4.28. The molecule has 0 atom stereocenters. The van der Waals surface area contributed by atoms with E-state index < -0.39 is 0 Å². The standard InChI is InChI=1S/C18H23FN4S.HI/c1-3-20-17(22-11-16-21-10-13(2)24-16)23-12-18(8-9-18)14-6-4-5-7-15(14)19;/h4-7,10H,3,8-9,11-12H2,1-2H3,(H2,20,22,23);1H. The van der Waals surface area contributed by atoms with Gasteiger partial charge in [0.05, 0.1) is 6.54 Å². The van der Waals surface area contributed by atoms with E-state index in [0.717, 1.165) is 35.9 Å². The van der Waals surface area contributed by atoms with E-state index in [9.17, 15) is 4.39 Å². The van der Waals surface area contributed by atoms with Gasteiger partial charge in [0.15, 0.2) is 5.96 Å². The second-order valence-corrected chi connectivity index (χ2v) is 7.49. The number of nitrogens with one attached hydrogen (secondary N) is 2. The summed E-state index contributed by atoms with van der Waals surface area (Å²) in [5.41, 5.74) is 0.711. The van der Waals surface area contributed by atoms with Gasteiger partial charge in [0, 0.05) is 29.6 Å². The molecule has 2 aromatic rings. The van der Waals surface area contributed by atoms with Gasteiger partial charge in [0.25, 0.3) is 0 Å². The Morgan fingerprint density at radius 2 is 2.08 bits per heavy atom. The lowest BCUT2D eigenvalue weighted by molar-refractivity contribution is 0.559. The topological polar surface area (TPSA) is 49.3 Å². The second-order valence-electron chi connectivity index (χ2n) is 6.17. The van der Waals surface area contributed by atoms with Crippen molar-refractivity contribution in [3.8, 4) is 0 Å². The minimum atomic E-state index is -0.114. The molecule has 1 saturated carbocycles. The summed E-state index contributed by atoms with van der Waals surface area (Å²) < 4.78 is 14.1. The maximum Gasteiger partial charge on any atom is 0.191 e. The number of aromatic nitrogens is 1. The number of halogens is 2. The molecule has 136 valence electrons. The Morgan fingerprint density at radius 1 is 1.32 bits per heavy atom. The SMILES string of the molecule is CCNC(=NCc1ncc(C)s1)NCC1(c2ccccc2F)CC1.I. The van der Waals surface area contributed by atoms with Gasteiger partial charge >= 0.3 is 0 Å². The first-order valence-corrected chi connectivity index (χ1v) is 9.13. The number of nitrogens with zero attached hydrogens (tertiary/aromatic N) is 2. The summed E-state index contributed by atoms with van der Waals surface area (Å²) in [7, 11) is 0. The number of rotatable bonds is 6. The Morgan fingerprint density at radius 3 is 2.68 bits per heavy atom. The van der Waals surface area contributed by atoms with Gasteiger partial charge in [-0.2, -0.15) is 0 Å². The van der Waals surface area contributed by atoms with Crippen LogP contribution in [0.2, 0.25) is 0 Å². The molecule has 0 amide bonds. The first-order valence-electron chi connectivity index (χ1n) is 8.31. The van der Waals surface area contributed by atoms with Crippen molar-refractivity contribution in [1.29, 1.82) is 0 Å². The predicted molar refractivity (Wildman–Crippen MR) is 112 cm³/mol. The molecule has 7 heteroatoms. The highest BCUT2D eigenvalue weighted by Crippen LogP contribution is 2.48. The van der Waals surface area contributed by atoms with Crippen LogP contribution in [-0.2, 0) is 12.0 Å². The third-order valence-corrected chi connectivity index (χ3v) is 5.18. The van der Waals surface area contributed by atoms with Crippen molar-refractivity contribution in [2.75, 3.05) is 13.1 Å². The van der Waals surface area contributed by atoms with Crippen molar-refractivity contribution in [3.63, 3.8) is 0 Å². The van der Waals surface area contributed by atoms with E-state index in [-0.39, 0.29) is 35.2 Å². The van der Waals surface area contributed by atoms with Crippen molar-refractivity contribution in [2.24, 2.45) is 4.99 Å². The van der Waals surface area contributed by atoms with Crippen LogP contribution in [0.15, 0.2) is 35.5 Å². The molecule has 1 aliphatic rings. The van der Waals surface area contributed by atoms with Crippen LogP contribution in [0.4, 0.5) is 4.39 Å². The molecule has 3 rings (SSSR count). The van der Waals surface area contributed by atoms with Gasteiger partial charge in [0.1, 0.15) is 10.8 Å². The smallest absolute Gasteiger partial charge is 0.191 e. The van der Waals surface area contributed by atoms with Gasteiger partial charge in [-0.05, 0) is 38.3 Å². The minimum absolute atomic E-state index is 0. The molecule has 0 aliphatic heterocycles. The summed E-state index contributed by atoms with van der Waals surface area (Å²) >= 11 is 1.66. The van der Waals surface area contributed by atoms with Crippen molar-refractivity contribution >= 4 is 41.3 Å².